The normalized spacial score (nSPS) is 18.4. The molecular weight excluding hydrogens is 216 g/mol. The summed E-state index contributed by atoms with van der Waals surface area (Å²) < 4.78 is 27.4. The first-order valence-corrected chi connectivity index (χ1v) is 6.35. The van der Waals surface area contributed by atoms with Crippen LogP contribution in [-0.4, -0.2) is 35.8 Å². The van der Waals surface area contributed by atoms with Crippen molar-refractivity contribution >= 4 is 10.2 Å². The molecule has 1 fully saturated rings. The molecule has 1 aromatic heterocycles. The van der Waals surface area contributed by atoms with Gasteiger partial charge in [-0.1, -0.05) is 0 Å². The molecule has 1 aromatic rings. The van der Waals surface area contributed by atoms with E-state index in [1.807, 2.05) is 0 Å². The molecule has 1 saturated heterocycles. The zero-order chi connectivity index (χ0) is 10.7. The molecule has 2 rings (SSSR count). The molecule has 0 aliphatic carbocycles. The number of hydrogen-bond acceptors (Lipinski definition) is 3. The fourth-order valence-corrected chi connectivity index (χ4v) is 2.81. The predicted octanol–water partition coefficient (Wildman–Crippen LogP) is -0.160. The van der Waals surface area contributed by atoms with Crippen LogP contribution >= 0.6 is 0 Å². The number of aromatic amines is 1. The molecule has 0 bridgehead atoms. The fraction of sp³-hybridized carbons (Fsp3) is 0.625. The number of imidazole rings is 1. The van der Waals surface area contributed by atoms with Gasteiger partial charge < -0.3 is 4.98 Å². The molecule has 0 aromatic carbocycles. The number of aromatic nitrogens is 2. The maximum Gasteiger partial charge on any atom is 0.279 e. The van der Waals surface area contributed by atoms with Gasteiger partial charge in [-0.15, -0.1) is 0 Å². The second kappa shape index (κ2) is 4.30. The second-order valence-electron chi connectivity index (χ2n) is 3.47. The highest BCUT2D eigenvalue weighted by atomic mass is 32.2. The largest absolute Gasteiger partial charge is 0.347 e. The molecule has 0 saturated carbocycles. The first-order valence-electron chi connectivity index (χ1n) is 4.91. The number of hydrogen-bond donors (Lipinski definition) is 2. The first kappa shape index (κ1) is 10.6. The summed E-state index contributed by atoms with van der Waals surface area (Å²) in [6.45, 7) is 1.45. The van der Waals surface area contributed by atoms with E-state index in [-0.39, 0.29) is 6.54 Å². The Morgan fingerprint density at radius 2 is 2.20 bits per heavy atom. The van der Waals surface area contributed by atoms with Crippen molar-refractivity contribution in [1.29, 1.82) is 0 Å². The van der Waals surface area contributed by atoms with Crippen molar-refractivity contribution in [2.45, 2.75) is 19.4 Å². The lowest BCUT2D eigenvalue weighted by molar-refractivity contribution is 0.464. The summed E-state index contributed by atoms with van der Waals surface area (Å²) in [6, 6.07) is 0. The van der Waals surface area contributed by atoms with Gasteiger partial charge >= 0.3 is 0 Å². The maximum atomic E-state index is 11.7. The predicted molar refractivity (Wildman–Crippen MR) is 55.2 cm³/mol. The van der Waals surface area contributed by atoms with Gasteiger partial charge in [0.25, 0.3) is 10.2 Å². The highest BCUT2D eigenvalue weighted by Crippen LogP contribution is 2.11. The molecule has 0 atom stereocenters. The Morgan fingerprint density at radius 1 is 1.47 bits per heavy atom. The van der Waals surface area contributed by atoms with Crippen LogP contribution in [-0.2, 0) is 16.8 Å². The number of nitrogens with zero attached hydrogens (tertiary/aromatic N) is 2. The Bertz CT molecular complexity index is 394. The minimum Gasteiger partial charge on any atom is -0.347 e. The minimum atomic E-state index is -3.31. The van der Waals surface area contributed by atoms with Crippen LogP contribution in [0.25, 0.3) is 0 Å². The molecule has 1 aliphatic heterocycles. The van der Waals surface area contributed by atoms with Crippen molar-refractivity contribution in [3.63, 3.8) is 0 Å². The third kappa shape index (κ3) is 2.55. The molecule has 15 heavy (non-hydrogen) atoms. The lowest BCUT2D eigenvalue weighted by Crippen LogP contribution is -2.38. The van der Waals surface area contributed by atoms with Crippen molar-refractivity contribution in [2.75, 3.05) is 13.1 Å². The van der Waals surface area contributed by atoms with Crippen LogP contribution in [0.5, 0.6) is 0 Å². The summed E-state index contributed by atoms with van der Waals surface area (Å²) in [5.74, 6) is 0.623. The Kier molecular flexibility index (Phi) is 3.03. The molecule has 6 nitrogen and oxygen atoms in total. The van der Waals surface area contributed by atoms with Crippen LogP contribution in [0.1, 0.15) is 18.7 Å². The van der Waals surface area contributed by atoms with Crippen LogP contribution in [0.3, 0.4) is 0 Å². The molecule has 0 radical (unpaired) electrons. The van der Waals surface area contributed by atoms with Crippen LogP contribution in [0, 0.1) is 0 Å². The van der Waals surface area contributed by atoms with E-state index in [0.29, 0.717) is 18.9 Å². The average molecular weight is 230 g/mol. The van der Waals surface area contributed by atoms with Crippen molar-refractivity contribution < 1.29 is 8.42 Å². The Balaban J connectivity index is 1.93. The van der Waals surface area contributed by atoms with Gasteiger partial charge in [-0.25, -0.2) is 4.98 Å². The molecule has 84 valence electrons. The maximum absolute atomic E-state index is 11.7. The molecule has 0 unspecified atom stereocenters. The monoisotopic (exact) mass is 230 g/mol. The molecular formula is C8H14N4O2S. The Hall–Kier alpha value is -0.920. The third-order valence-corrected chi connectivity index (χ3v) is 3.94. The SMILES string of the molecule is O=S(=O)(NCc1ncc[nH]1)N1CCCC1. The lowest BCUT2D eigenvalue weighted by atomic mass is 10.4. The zero-order valence-electron chi connectivity index (χ0n) is 8.31. The number of H-pyrrole nitrogens is 1. The smallest absolute Gasteiger partial charge is 0.279 e. The first-order chi connectivity index (χ1) is 7.18. The molecule has 1 aliphatic rings. The summed E-state index contributed by atoms with van der Waals surface area (Å²) in [5.41, 5.74) is 0. The van der Waals surface area contributed by atoms with E-state index in [0.717, 1.165) is 12.8 Å². The summed E-state index contributed by atoms with van der Waals surface area (Å²) >= 11 is 0. The van der Waals surface area contributed by atoms with Crippen molar-refractivity contribution in [3.8, 4) is 0 Å². The van der Waals surface area contributed by atoms with E-state index >= 15 is 0 Å². The third-order valence-electron chi connectivity index (χ3n) is 2.38. The van der Waals surface area contributed by atoms with Gasteiger partial charge in [0.1, 0.15) is 5.82 Å². The van der Waals surface area contributed by atoms with Gasteiger partial charge in [-0.05, 0) is 12.8 Å². The standard InChI is InChI=1S/C8H14N4O2S/c13-15(14,12-5-1-2-6-12)11-7-8-9-3-4-10-8/h3-4,11H,1-2,5-7H2,(H,9,10). The second-order valence-corrected chi connectivity index (χ2v) is 5.22. The highest BCUT2D eigenvalue weighted by molar-refractivity contribution is 7.87. The summed E-state index contributed by atoms with van der Waals surface area (Å²) in [7, 11) is -3.31. The van der Waals surface area contributed by atoms with Crippen LogP contribution in [0.4, 0.5) is 0 Å². The quantitative estimate of drug-likeness (QED) is 0.754. The molecule has 7 heteroatoms. The van der Waals surface area contributed by atoms with E-state index in [9.17, 15) is 8.42 Å². The summed E-state index contributed by atoms with van der Waals surface area (Å²) in [6.07, 6.45) is 5.16. The van der Waals surface area contributed by atoms with Gasteiger partial charge in [0.2, 0.25) is 0 Å². The Morgan fingerprint density at radius 3 is 2.80 bits per heavy atom. The van der Waals surface area contributed by atoms with Crippen molar-refractivity contribution in [1.82, 2.24) is 19.0 Å². The number of nitrogens with one attached hydrogen (secondary N) is 2. The van der Waals surface area contributed by atoms with E-state index in [1.165, 1.54) is 4.31 Å². The van der Waals surface area contributed by atoms with Gasteiger partial charge in [0.05, 0.1) is 6.54 Å². The van der Waals surface area contributed by atoms with Gasteiger partial charge in [0.15, 0.2) is 0 Å². The van der Waals surface area contributed by atoms with E-state index in [2.05, 4.69) is 14.7 Å². The fourth-order valence-electron chi connectivity index (χ4n) is 1.57. The van der Waals surface area contributed by atoms with Crippen molar-refractivity contribution in [3.05, 3.63) is 18.2 Å². The Labute approximate surface area is 88.9 Å². The lowest BCUT2D eigenvalue weighted by Gasteiger charge is -2.15. The molecule has 0 amide bonds. The molecule has 2 N–H and O–H groups in total. The van der Waals surface area contributed by atoms with E-state index in [4.69, 9.17) is 0 Å². The van der Waals surface area contributed by atoms with Crippen LogP contribution in [0.15, 0.2) is 12.4 Å². The highest BCUT2D eigenvalue weighted by Gasteiger charge is 2.24. The number of rotatable bonds is 4. The zero-order valence-corrected chi connectivity index (χ0v) is 9.13. The molecule has 0 spiro atoms. The van der Waals surface area contributed by atoms with Gasteiger partial charge in [-0.3, -0.25) is 0 Å². The van der Waals surface area contributed by atoms with Crippen LogP contribution in [0.2, 0.25) is 0 Å². The molecule has 2 heterocycles. The average Bonchev–Trinajstić information content (AvgIpc) is 2.88. The van der Waals surface area contributed by atoms with E-state index < -0.39 is 10.2 Å². The minimum absolute atomic E-state index is 0.214. The topological polar surface area (TPSA) is 78.1 Å². The summed E-state index contributed by atoms with van der Waals surface area (Å²) in [4.78, 5) is 6.79. The van der Waals surface area contributed by atoms with Crippen LogP contribution < -0.4 is 4.72 Å². The van der Waals surface area contributed by atoms with E-state index in [1.54, 1.807) is 12.4 Å². The van der Waals surface area contributed by atoms with Crippen molar-refractivity contribution in [2.24, 2.45) is 0 Å². The van der Waals surface area contributed by atoms with Gasteiger partial charge in [0, 0.05) is 25.5 Å². The summed E-state index contributed by atoms with van der Waals surface area (Å²) in [5, 5.41) is 0. The van der Waals surface area contributed by atoms with Gasteiger partial charge in [-0.2, -0.15) is 17.4 Å².